The molecule has 0 saturated carbocycles. The maximum Gasteiger partial charge on any atom is 0.238 e. The van der Waals surface area contributed by atoms with Crippen LogP contribution in [0.1, 0.15) is 17.9 Å². The fourth-order valence-corrected chi connectivity index (χ4v) is 3.12. The number of nitrogens with zero attached hydrogens (tertiary/aromatic N) is 2. The van der Waals surface area contributed by atoms with E-state index in [1.807, 2.05) is 0 Å². The SMILES string of the molecule is COc1ccc(C2CC(=O)N(CN3CCOCC3)C2=O)c(OC)c1. The molecule has 0 bridgehead atoms. The number of hydrogen-bond donors (Lipinski definition) is 0. The van der Waals surface area contributed by atoms with Crippen LogP contribution in [0, 0.1) is 0 Å². The number of amides is 2. The number of likely N-dealkylation sites (tertiary alicyclic amines) is 1. The molecule has 2 aliphatic rings. The zero-order valence-electron chi connectivity index (χ0n) is 14.0. The van der Waals surface area contributed by atoms with Crippen LogP contribution >= 0.6 is 0 Å². The number of hydrogen-bond acceptors (Lipinski definition) is 6. The van der Waals surface area contributed by atoms with Crippen molar-refractivity contribution in [2.75, 3.05) is 47.2 Å². The minimum absolute atomic E-state index is 0.144. The number of morpholine rings is 1. The number of benzene rings is 1. The van der Waals surface area contributed by atoms with Crippen molar-refractivity contribution in [3.63, 3.8) is 0 Å². The van der Waals surface area contributed by atoms with Crippen molar-refractivity contribution in [2.24, 2.45) is 0 Å². The molecule has 0 spiro atoms. The molecule has 2 heterocycles. The van der Waals surface area contributed by atoms with E-state index in [0.717, 1.165) is 18.7 Å². The smallest absolute Gasteiger partial charge is 0.238 e. The summed E-state index contributed by atoms with van der Waals surface area (Å²) in [5, 5.41) is 0. The molecular formula is C17H22N2O5. The highest BCUT2D eigenvalue weighted by atomic mass is 16.5. The van der Waals surface area contributed by atoms with Crippen LogP contribution in [0.15, 0.2) is 18.2 Å². The summed E-state index contributed by atoms with van der Waals surface area (Å²) in [5.74, 6) is 0.398. The van der Waals surface area contributed by atoms with Crippen molar-refractivity contribution in [1.82, 2.24) is 9.80 Å². The Morgan fingerprint density at radius 1 is 1.17 bits per heavy atom. The normalized spacial score (nSPS) is 22.1. The summed E-state index contributed by atoms with van der Waals surface area (Å²) < 4.78 is 15.9. The summed E-state index contributed by atoms with van der Waals surface area (Å²) in [4.78, 5) is 28.5. The summed E-state index contributed by atoms with van der Waals surface area (Å²) in [6.07, 6.45) is 0.172. The zero-order chi connectivity index (χ0) is 17.1. The van der Waals surface area contributed by atoms with Crippen LogP contribution in [-0.2, 0) is 14.3 Å². The minimum atomic E-state index is -0.501. The van der Waals surface area contributed by atoms with Crippen molar-refractivity contribution in [3.8, 4) is 11.5 Å². The lowest BCUT2D eigenvalue weighted by Crippen LogP contribution is -2.46. The molecule has 0 aromatic heterocycles. The maximum atomic E-state index is 12.8. The highest BCUT2D eigenvalue weighted by Gasteiger charge is 2.41. The molecule has 7 nitrogen and oxygen atoms in total. The second-order valence-electron chi connectivity index (χ2n) is 5.90. The lowest BCUT2D eigenvalue weighted by molar-refractivity contribution is -0.142. The van der Waals surface area contributed by atoms with Crippen LogP contribution in [0.5, 0.6) is 11.5 Å². The number of methoxy groups -OCH3 is 2. The van der Waals surface area contributed by atoms with E-state index in [2.05, 4.69) is 4.90 Å². The molecule has 2 amide bonds. The average molecular weight is 334 g/mol. The molecule has 130 valence electrons. The summed E-state index contributed by atoms with van der Waals surface area (Å²) in [6, 6.07) is 5.31. The van der Waals surface area contributed by atoms with E-state index in [0.29, 0.717) is 31.4 Å². The molecular weight excluding hydrogens is 312 g/mol. The standard InChI is InChI=1S/C17H22N2O5/c1-22-12-3-4-13(15(9-12)23-2)14-10-16(20)19(17(14)21)11-18-5-7-24-8-6-18/h3-4,9,14H,5-8,10-11H2,1-2H3. The molecule has 2 saturated heterocycles. The van der Waals surface area contributed by atoms with Crippen molar-refractivity contribution >= 4 is 11.8 Å². The fourth-order valence-electron chi connectivity index (χ4n) is 3.12. The van der Waals surface area contributed by atoms with Gasteiger partial charge < -0.3 is 14.2 Å². The van der Waals surface area contributed by atoms with Crippen molar-refractivity contribution < 1.29 is 23.8 Å². The molecule has 1 aromatic carbocycles. The summed E-state index contributed by atoms with van der Waals surface area (Å²) in [5.41, 5.74) is 0.723. The number of carbonyl (C=O) groups excluding carboxylic acids is 2. The third-order valence-electron chi connectivity index (χ3n) is 4.51. The van der Waals surface area contributed by atoms with Gasteiger partial charge in [0.1, 0.15) is 11.5 Å². The molecule has 0 radical (unpaired) electrons. The van der Waals surface area contributed by atoms with Gasteiger partial charge >= 0.3 is 0 Å². The van der Waals surface area contributed by atoms with Crippen LogP contribution in [0.25, 0.3) is 0 Å². The lowest BCUT2D eigenvalue weighted by Gasteiger charge is -2.29. The molecule has 0 N–H and O–H groups in total. The Labute approximate surface area is 141 Å². The van der Waals surface area contributed by atoms with Gasteiger partial charge in [-0.2, -0.15) is 0 Å². The molecule has 2 fully saturated rings. The Balaban J connectivity index is 1.78. The first kappa shape index (κ1) is 16.7. The minimum Gasteiger partial charge on any atom is -0.497 e. The highest BCUT2D eigenvalue weighted by molar-refractivity contribution is 6.06. The molecule has 3 rings (SSSR count). The topological polar surface area (TPSA) is 68.3 Å². The molecule has 24 heavy (non-hydrogen) atoms. The Hall–Kier alpha value is -2.12. The quantitative estimate of drug-likeness (QED) is 0.743. The van der Waals surface area contributed by atoms with Gasteiger partial charge in [0.15, 0.2) is 0 Å². The molecule has 1 atom stereocenters. The highest BCUT2D eigenvalue weighted by Crippen LogP contribution is 2.37. The van der Waals surface area contributed by atoms with Crippen LogP contribution in [-0.4, -0.2) is 68.8 Å². The summed E-state index contributed by atoms with van der Waals surface area (Å²) in [6.45, 7) is 3.05. The van der Waals surface area contributed by atoms with Crippen molar-refractivity contribution in [1.29, 1.82) is 0 Å². The summed E-state index contributed by atoms with van der Waals surface area (Å²) in [7, 11) is 3.12. The average Bonchev–Trinajstić information content (AvgIpc) is 2.90. The fraction of sp³-hybridized carbons (Fsp3) is 0.529. The zero-order valence-corrected chi connectivity index (χ0v) is 14.0. The van der Waals surface area contributed by atoms with E-state index in [1.54, 1.807) is 32.4 Å². The maximum absolute atomic E-state index is 12.8. The van der Waals surface area contributed by atoms with E-state index in [1.165, 1.54) is 4.90 Å². The van der Waals surface area contributed by atoms with E-state index in [-0.39, 0.29) is 18.2 Å². The number of ether oxygens (including phenoxy) is 3. The van der Waals surface area contributed by atoms with E-state index in [4.69, 9.17) is 14.2 Å². The lowest BCUT2D eigenvalue weighted by atomic mass is 9.96. The number of imide groups is 1. The Morgan fingerprint density at radius 3 is 2.58 bits per heavy atom. The van der Waals surface area contributed by atoms with Crippen LogP contribution in [0.2, 0.25) is 0 Å². The van der Waals surface area contributed by atoms with Crippen molar-refractivity contribution in [2.45, 2.75) is 12.3 Å². The van der Waals surface area contributed by atoms with E-state index in [9.17, 15) is 9.59 Å². The molecule has 7 heteroatoms. The van der Waals surface area contributed by atoms with Gasteiger partial charge in [0.25, 0.3) is 0 Å². The van der Waals surface area contributed by atoms with Gasteiger partial charge in [-0.3, -0.25) is 19.4 Å². The Morgan fingerprint density at radius 2 is 1.92 bits per heavy atom. The molecule has 0 aliphatic carbocycles. The molecule has 1 unspecified atom stereocenters. The van der Waals surface area contributed by atoms with Gasteiger partial charge in [0, 0.05) is 31.1 Å². The Bertz CT molecular complexity index is 627. The first-order valence-electron chi connectivity index (χ1n) is 8.00. The van der Waals surface area contributed by atoms with Gasteiger partial charge in [-0.05, 0) is 6.07 Å². The van der Waals surface area contributed by atoms with Gasteiger partial charge in [0.2, 0.25) is 11.8 Å². The van der Waals surface area contributed by atoms with Crippen LogP contribution in [0.4, 0.5) is 0 Å². The Kier molecular flexibility index (Phi) is 5.01. The predicted molar refractivity (Wildman–Crippen MR) is 86.0 cm³/mol. The van der Waals surface area contributed by atoms with E-state index < -0.39 is 5.92 Å². The van der Waals surface area contributed by atoms with E-state index >= 15 is 0 Å². The third kappa shape index (κ3) is 3.22. The van der Waals surface area contributed by atoms with Crippen LogP contribution in [0.3, 0.4) is 0 Å². The monoisotopic (exact) mass is 334 g/mol. The second kappa shape index (κ2) is 7.19. The van der Waals surface area contributed by atoms with Gasteiger partial charge in [-0.15, -0.1) is 0 Å². The summed E-state index contributed by atoms with van der Waals surface area (Å²) >= 11 is 0. The van der Waals surface area contributed by atoms with Crippen molar-refractivity contribution in [3.05, 3.63) is 23.8 Å². The largest absolute Gasteiger partial charge is 0.497 e. The van der Waals surface area contributed by atoms with Gasteiger partial charge in [-0.1, -0.05) is 6.07 Å². The second-order valence-corrected chi connectivity index (χ2v) is 5.90. The first-order chi connectivity index (χ1) is 11.6. The van der Waals surface area contributed by atoms with Gasteiger partial charge in [0.05, 0.1) is 40.0 Å². The number of carbonyl (C=O) groups is 2. The predicted octanol–water partition coefficient (Wildman–Crippen LogP) is 0.836. The first-order valence-corrected chi connectivity index (χ1v) is 8.00. The molecule has 2 aliphatic heterocycles. The number of rotatable bonds is 5. The van der Waals surface area contributed by atoms with Crippen LogP contribution < -0.4 is 9.47 Å². The molecule has 1 aromatic rings. The van der Waals surface area contributed by atoms with Gasteiger partial charge in [-0.25, -0.2) is 0 Å². The third-order valence-corrected chi connectivity index (χ3v) is 4.51.